The topological polar surface area (TPSA) is 43.4 Å². The highest BCUT2D eigenvalue weighted by Crippen LogP contribution is 2.24. The van der Waals surface area contributed by atoms with Gasteiger partial charge in [0.25, 0.3) is 10.1 Å². The largest absolute Gasteiger partial charge is 0.297 e. The average Bonchev–Trinajstić information content (AvgIpc) is 2.76. The van der Waals surface area contributed by atoms with Gasteiger partial charge in [-0.1, -0.05) is 127 Å². The molecule has 0 fully saturated rings. The van der Waals surface area contributed by atoms with Gasteiger partial charge in [-0.3, -0.25) is 4.18 Å². The molecule has 0 bridgehead atoms. The van der Waals surface area contributed by atoms with Crippen molar-refractivity contribution in [1.29, 1.82) is 0 Å². The molecule has 2 rings (SSSR count). The zero-order chi connectivity index (χ0) is 21.5. The van der Waals surface area contributed by atoms with Crippen molar-refractivity contribution < 1.29 is 12.6 Å². The van der Waals surface area contributed by atoms with Crippen LogP contribution in [0.25, 0.3) is 10.8 Å². The first-order valence-corrected chi connectivity index (χ1v) is 13.4. The van der Waals surface area contributed by atoms with E-state index in [-0.39, 0.29) is 11.5 Å². The van der Waals surface area contributed by atoms with Crippen LogP contribution in [0.5, 0.6) is 0 Å². The van der Waals surface area contributed by atoms with Gasteiger partial charge in [0.15, 0.2) is 0 Å². The quantitative estimate of drug-likeness (QED) is 0.188. The molecule has 0 heterocycles. The number of unbranched alkanes of at least 4 members (excludes halogenated alkanes) is 13. The van der Waals surface area contributed by atoms with Crippen LogP contribution in [0.3, 0.4) is 0 Å². The van der Waals surface area contributed by atoms with Crippen LogP contribution < -0.4 is 0 Å². The fourth-order valence-corrected chi connectivity index (χ4v) is 5.11. The third kappa shape index (κ3) is 9.18. The van der Waals surface area contributed by atoms with E-state index in [0.29, 0.717) is 0 Å². The van der Waals surface area contributed by atoms with Crippen molar-refractivity contribution in [3.63, 3.8) is 0 Å². The maximum absolute atomic E-state index is 12.6. The fraction of sp³-hybridized carbons (Fsp3) is 0.615. The van der Waals surface area contributed by atoms with E-state index in [0.717, 1.165) is 30.0 Å². The van der Waals surface area contributed by atoms with E-state index in [9.17, 15) is 8.42 Å². The highest BCUT2D eigenvalue weighted by atomic mass is 32.2. The lowest BCUT2D eigenvalue weighted by Crippen LogP contribution is -2.08. The summed E-state index contributed by atoms with van der Waals surface area (Å²) in [5, 5.41) is 1.64. The summed E-state index contributed by atoms with van der Waals surface area (Å²) >= 11 is 0. The lowest BCUT2D eigenvalue weighted by Gasteiger charge is -2.08. The lowest BCUT2D eigenvalue weighted by molar-refractivity contribution is 0.306. The molecule has 0 amide bonds. The van der Waals surface area contributed by atoms with E-state index in [2.05, 4.69) is 6.92 Å². The Morgan fingerprint density at radius 1 is 0.633 bits per heavy atom. The maximum atomic E-state index is 12.6. The molecule has 0 aliphatic heterocycles. The molecule has 0 aliphatic carbocycles. The molecule has 0 aliphatic rings. The van der Waals surface area contributed by atoms with E-state index in [1.54, 1.807) is 12.1 Å². The standard InChI is InChI=1S/C26H40O3S/c1-2-3-4-5-6-7-8-9-10-11-12-13-14-17-23-29-30(27,28)26-22-18-20-24-19-15-16-21-25(24)26/h15-16,18-22H,2-14,17,23H2,1H3. The summed E-state index contributed by atoms with van der Waals surface area (Å²) in [5.74, 6) is 0. The Morgan fingerprint density at radius 3 is 1.73 bits per heavy atom. The van der Waals surface area contributed by atoms with Crippen molar-refractivity contribution in [2.45, 2.75) is 102 Å². The minimum Gasteiger partial charge on any atom is -0.266 e. The van der Waals surface area contributed by atoms with Crippen molar-refractivity contribution >= 4 is 20.9 Å². The van der Waals surface area contributed by atoms with Gasteiger partial charge in [-0.2, -0.15) is 8.42 Å². The van der Waals surface area contributed by atoms with Crippen molar-refractivity contribution in [2.75, 3.05) is 6.61 Å². The van der Waals surface area contributed by atoms with E-state index in [1.807, 2.05) is 30.3 Å². The molecule has 0 radical (unpaired) electrons. The summed E-state index contributed by atoms with van der Waals surface area (Å²) in [6, 6.07) is 12.8. The summed E-state index contributed by atoms with van der Waals surface area (Å²) in [7, 11) is -3.70. The zero-order valence-corrected chi connectivity index (χ0v) is 19.6. The second-order valence-corrected chi connectivity index (χ2v) is 9.93. The monoisotopic (exact) mass is 432 g/mol. The van der Waals surface area contributed by atoms with Gasteiger partial charge in [-0.05, 0) is 17.9 Å². The van der Waals surface area contributed by atoms with Crippen LogP contribution in [-0.4, -0.2) is 15.0 Å². The average molecular weight is 433 g/mol. The van der Waals surface area contributed by atoms with Crippen LogP contribution in [0, 0.1) is 0 Å². The first kappa shape index (κ1) is 24.9. The third-order valence-corrected chi connectivity index (χ3v) is 7.13. The second-order valence-electron chi connectivity index (χ2n) is 8.35. The molecule has 2 aromatic rings. The number of rotatable bonds is 17. The van der Waals surface area contributed by atoms with Crippen LogP contribution in [0.15, 0.2) is 47.4 Å². The molecule has 3 nitrogen and oxygen atoms in total. The lowest BCUT2D eigenvalue weighted by atomic mass is 10.0. The van der Waals surface area contributed by atoms with Crippen LogP contribution in [-0.2, 0) is 14.3 Å². The minimum atomic E-state index is -3.70. The zero-order valence-electron chi connectivity index (χ0n) is 18.8. The summed E-state index contributed by atoms with van der Waals surface area (Å²) in [6.45, 7) is 2.53. The van der Waals surface area contributed by atoms with Crippen LogP contribution in [0.1, 0.15) is 96.8 Å². The summed E-state index contributed by atoms with van der Waals surface area (Å²) in [4.78, 5) is 0.269. The normalized spacial score (nSPS) is 11.9. The van der Waals surface area contributed by atoms with E-state index >= 15 is 0 Å². The Hall–Kier alpha value is -1.39. The summed E-state index contributed by atoms with van der Waals surface area (Å²) in [5.41, 5.74) is 0. The van der Waals surface area contributed by atoms with Gasteiger partial charge in [-0.15, -0.1) is 0 Å². The molecule has 30 heavy (non-hydrogen) atoms. The van der Waals surface area contributed by atoms with Crippen molar-refractivity contribution in [3.05, 3.63) is 42.5 Å². The van der Waals surface area contributed by atoms with Crippen molar-refractivity contribution in [1.82, 2.24) is 0 Å². The van der Waals surface area contributed by atoms with Gasteiger partial charge < -0.3 is 0 Å². The molecule has 0 saturated carbocycles. The van der Waals surface area contributed by atoms with Gasteiger partial charge in [0.1, 0.15) is 4.90 Å². The van der Waals surface area contributed by atoms with Crippen molar-refractivity contribution in [3.8, 4) is 0 Å². The van der Waals surface area contributed by atoms with Gasteiger partial charge >= 0.3 is 0 Å². The van der Waals surface area contributed by atoms with Gasteiger partial charge in [0.2, 0.25) is 0 Å². The predicted molar refractivity (Wildman–Crippen MR) is 127 cm³/mol. The fourth-order valence-electron chi connectivity index (χ4n) is 3.94. The molecule has 0 spiro atoms. The molecule has 168 valence electrons. The smallest absolute Gasteiger partial charge is 0.266 e. The SMILES string of the molecule is CCCCCCCCCCCCCCCCOS(=O)(=O)c1cccc2ccccc12. The molecular weight excluding hydrogens is 392 g/mol. The van der Waals surface area contributed by atoms with Gasteiger partial charge in [-0.25, -0.2) is 0 Å². The van der Waals surface area contributed by atoms with Gasteiger partial charge in [0, 0.05) is 5.39 Å². The Kier molecular flexibility index (Phi) is 12.1. The Balaban J connectivity index is 1.51. The van der Waals surface area contributed by atoms with E-state index < -0.39 is 10.1 Å². The first-order valence-electron chi connectivity index (χ1n) is 12.0. The van der Waals surface area contributed by atoms with E-state index in [4.69, 9.17) is 4.18 Å². The van der Waals surface area contributed by atoms with Crippen LogP contribution >= 0.6 is 0 Å². The summed E-state index contributed by atoms with van der Waals surface area (Å²) in [6.07, 6.45) is 17.9. The van der Waals surface area contributed by atoms with E-state index in [1.165, 1.54) is 70.6 Å². The van der Waals surface area contributed by atoms with Gasteiger partial charge in [0.05, 0.1) is 6.61 Å². The number of hydrogen-bond donors (Lipinski definition) is 0. The second kappa shape index (κ2) is 14.6. The first-order chi connectivity index (χ1) is 14.6. The predicted octanol–water partition coefficient (Wildman–Crippen LogP) is 8.03. The molecular formula is C26H40O3S. The Labute approximate surface area is 184 Å². The third-order valence-electron chi connectivity index (χ3n) is 5.76. The molecule has 0 saturated heterocycles. The highest BCUT2D eigenvalue weighted by Gasteiger charge is 2.17. The van der Waals surface area contributed by atoms with Crippen LogP contribution in [0.4, 0.5) is 0 Å². The Morgan fingerprint density at radius 2 is 1.13 bits per heavy atom. The van der Waals surface area contributed by atoms with Crippen LogP contribution in [0.2, 0.25) is 0 Å². The number of hydrogen-bond acceptors (Lipinski definition) is 3. The number of benzene rings is 2. The molecule has 2 aromatic carbocycles. The minimum absolute atomic E-state index is 0.267. The molecule has 0 unspecified atom stereocenters. The Bertz CT molecular complexity index is 809. The number of fused-ring (bicyclic) bond motifs is 1. The highest BCUT2D eigenvalue weighted by molar-refractivity contribution is 7.87. The molecule has 0 N–H and O–H groups in total. The summed E-state index contributed by atoms with van der Waals surface area (Å²) < 4.78 is 30.4. The molecule has 0 atom stereocenters. The van der Waals surface area contributed by atoms with Crippen molar-refractivity contribution in [2.24, 2.45) is 0 Å². The molecule has 4 heteroatoms. The molecule has 0 aromatic heterocycles. The maximum Gasteiger partial charge on any atom is 0.297 e.